The largest absolute Gasteiger partial charge is 0.452 e. The molecule has 2 aromatic carbocycles. The van der Waals surface area contributed by atoms with Crippen LogP contribution in [0.4, 0.5) is 5.69 Å². The van der Waals surface area contributed by atoms with Crippen LogP contribution in [0.15, 0.2) is 58.3 Å². The summed E-state index contributed by atoms with van der Waals surface area (Å²) in [7, 11) is -1.31. The average Bonchev–Trinajstić information content (AvgIpc) is 2.70. The molecule has 0 bridgehead atoms. The van der Waals surface area contributed by atoms with Crippen molar-refractivity contribution >= 4 is 40.1 Å². The Kier molecular flexibility index (Phi) is 8.04. The van der Waals surface area contributed by atoms with E-state index in [9.17, 15) is 13.8 Å². The van der Waals surface area contributed by atoms with Gasteiger partial charge in [-0.2, -0.15) is 5.26 Å². The molecule has 0 radical (unpaired) electrons. The molecule has 0 aliphatic rings. The maximum Gasteiger partial charge on any atom is 0.339 e. The first-order valence-corrected chi connectivity index (χ1v) is 10.4. The first kappa shape index (κ1) is 20.7. The average molecular weight is 402 g/mol. The van der Waals surface area contributed by atoms with E-state index >= 15 is 0 Å². The summed E-state index contributed by atoms with van der Waals surface area (Å²) in [6.07, 6.45) is 0. The predicted octanol–water partition coefficient (Wildman–Crippen LogP) is 3.23. The number of thioether (sulfide) groups is 1. The van der Waals surface area contributed by atoms with Gasteiger partial charge in [0.1, 0.15) is 0 Å². The normalized spacial score (nSPS) is 11.3. The van der Waals surface area contributed by atoms with Gasteiger partial charge >= 0.3 is 5.97 Å². The molecule has 140 valence electrons. The Labute approximate surface area is 164 Å². The number of nitrogens with zero attached hydrogens (tertiary/aromatic N) is 1. The Morgan fingerprint density at radius 3 is 2.63 bits per heavy atom. The highest BCUT2D eigenvalue weighted by atomic mass is 32.2. The third-order valence-electron chi connectivity index (χ3n) is 3.40. The van der Waals surface area contributed by atoms with Gasteiger partial charge in [-0.1, -0.05) is 31.2 Å². The van der Waals surface area contributed by atoms with Crippen LogP contribution in [0.2, 0.25) is 0 Å². The van der Waals surface area contributed by atoms with Crippen LogP contribution < -0.4 is 5.32 Å². The zero-order chi connectivity index (χ0) is 19.6. The summed E-state index contributed by atoms with van der Waals surface area (Å²) in [4.78, 5) is 25.5. The minimum absolute atomic E-state index is 0.190. The fourth-order valence-electron chi connectivity index (χ4n) is 2.19. The van der Waals surface area contributed by atoms with Crippen molar-refractivity contribution in [2.24, 2.45) is 0 Å². The molecule has 8 heteroatoms. The summed E-state index contributed by atoms with van der Waals surface area (Å²) < 4.78 is 17.1. The van der Waals surface area contributed by atoms with Crippen molar-refractivity contribution in [2.45, 2.75) is 16.7 Å². The molecule has 1 N–H and O–H groups in total. The maximum atomic E-state index is 12.3. The molecule has 0 saturated carbocycles. The van der Waals surface area contributed by atoms with Gasteiger partial charge in [0.15, 0.2) is 6.61 Å². The quantitative estimate of drug-likeness (QED) is 0.538. The van der Waals surface area contributed by atoms with E-state index in [4.69, 9.17) is 10.00 Å². The Bertz CT molecular complexity index is 893. The number of para-hydroxylation sites is 1. The fraction of sp³-hybridized carbons (Fsp3) is 0.211. The van der Waals surface area contributed by atoms with Crippen molar-refractivity contribution in [1.29, 1.82) is 5.26 Å². The van der Waals surface area contributed by atoms with E-state index < -0.39 is 29.3 Å². The molecule has 2 aromatic rings. The van der Waals surface area contributed by atoms with Crippen molar-refractivity contribution < 1.29 is 18.5 Å². The Balaban J connectivity index is 2.00. The molecule has 0 fully saturated rings. The van der Waals surface area contributed by atoms with Crippen LogP contribution in [0, 0.1) is 11.3 Å². The number of carbonyl (C=O) groups excluding carboxylic acids is 2. The molecule has 6 nitrogen and oxygen atoms in total. The van der Waals surface area contributed by atoms with E-state index in [1.54, 1.807) is 49.4 Å². The summed E-state index contributed by atoms with van der Waals surface area (Å²) in [6, 6.07) is 15.6. The third kappa shape index (κ3) is 5.94. The molecule has 1 atom stereocenters. The van der Waals surface area contributed by atoms with Crippen LogP contribution in [-0.2, 0) is 20.3 Å². The minimum atomic E-state index is -1.31. The third-order valence-corrected chi connectivity index (χ3v) is 5.71. The Hall–Kier alpha value is -2.63. The zero-order valence-corrected chi connectivity index (χ0v) is 16.3. The van der Waals surface area contributed by atoms with Crippen LogP contribution in [-0.4, -0.2) is 34.2 Å². The van der Waals surface area contributed by atoms with E-state index in [0.29, 0.717) is 16.3 Å². The number of benzene rings is 2. The molecule has 0 saturated heterocycles. The number of hydrogen-bond acceptors (Lipinski definition) is 6. The van der Waals surface area contributed by atoms with Crippen molar-refractivity contribution in [3.05, 3.63) is 54.1 Å². The van der Waals surface area contributed by atoms with Crippen molar-refractivity contribution in [2.75, 3.05) is 23.4 Å². The molecule has 2 rings (SSSR count). The highest BCUT2D eigenvalue weighted by Gasteiger charge is 2.17. The van der Waals surface area contributed by atoms with Crippen LogP contribution in [0.1, 0.15) is 17.3 Å². The fourth-order valence-corrected chi connectivity index (χ4v) is 3.80. The summed E-state index contributed by atoms with van der Waals surface area (Å²) in [5.41, 5.74) is 0.738. The van der Waals surface area contributed by atoms with Gasteiger partial charge in [-0.15, -0.1) is 11.8 Å². The van der Waals surface area contributed by atoms with Gasteiger partial charge in [-0.3, -0.25) is 9.00 Å². The molecule has 27 heavy (non-hydrogen) atoms. The molecule has 0 aromatic heterocycles. The van der Waals surface area contributed by atoms with Gasteiger partial charge in [0.2, 0.25) is 0 Å². The van der Waals surface area contributed by atoms with Gasteiger partial charge in [-0.25, -0.2) is 4.79 Å². The second-order valence-corrected chi connectivity index (χ2v) is 7.92. The lowest BCUT2D eigenvalue weighted by molar-refractivity contribution is -0.119. The van der Waals surface area contributed by atoms with E-state index in [0.717, 1.165) is 4.90 Å². The van der Waals surface area contributed by atoms with Crippen molar-refractivity contribution in [3.63, 3.8) is 0 Å². The lowest BCUT2D eigenvalue weighted by Crippen LogP contribution is -2.22. The second kappa shape index (κ2) is 10.5. The van der Waals surface area contributed by atoms with Gasteiger partial charge in [0, 0.05) is 10.6 Å². The lowest BCUT2D eigenvalue weighted by atomic mass is 10.2. The van der Waals surface area contributed by atoms with E-state index in [-0.39, 0.29) is 11.3 Å². The van der Waals surface area contributed by atoms with Gasteiger partial charge < -0.3 is 10.1 Å². The molecule has 0 aliphatic carbocycles. The minimum Gasteiger partial charge on any atom is -0.452 e. The van der Waals surface area contributed by atoms with E-state index in [2.05, 4.69) is 5.32 Å². The number of nitriles is 1. The Morgan fingerprint density at radius 2 is 1.89 bits per heavy atom. The number of anilines is 1. The summed E-state index contributed by atoms with van der Waals surface area (Å²) in [6.45, 7) is 1.29. The number of ether oxygens (including phenoxy) is 1. The summed E-state index contributed by atoms with van der Waals surface area (Å²) in [5.74, 6) is -0.563. The van der Waals surface area contributed by atoms with Crippen molar-refractivity contribution in [1.82, 2.24) is 0 Å². The molecule has 1 amide bonds. The summed E-state index contributed by atoms with van der Waals surface area (Å²) in [5, 5.41) is 11.4. The molecule has 0 unspecified atom stereocenters. The summed E-state index contributed by atoms with van der Waals surface area (Å²) >= 11 is 1.30. The van der Waals surface area contributed by atoms with Crippen molar-refractivity contribution in [3.8, 4) is 6.07 Å². The number of nitrogens with one attached hydrogen (secondary N) is 1. The first-order chi connectivity index (χ1) is 13.1. The molecular formula is C19H18N2O4S2. The standard InChI is InChI=1S/C19H18N2O4S2/c1-2-27(24)17-10-6-3-7-14(17)19(23)25-13-18(22)21-15-8-4-5-9-16(15)26-12-11-20/h3-10H,2,12-13H2,1H3,(H,21,22)/t27-/m0/s1. The molecule has 0 spiro atoms. The highest BCUT2D eigenvalue weighted by molar-refractivity contribution is 7.99. The second-order valence-electron chi connectivity index (χ2n) is 5.20. The number of esters is 1. The highest BCUT2D eigenvalue weighted by Crippen LogP contribution is 2.26. The molecule has 0 aliphatic heterocycles. The maximum absolute atomic E-state index is 12.3. The van der Waals surface area contributed by atoms with Gasteiger partial charge in [0.05, 0.1) is 38.8 Å². The zero-order valence-electron chi connectivity index (χ0n) is 14.6. The SMILES string of the molecule is CC[S@](=O)c1ccccc1C(=O)OCC(=O)Nc1ccccc1SCC#N. The van der Waals surface area contributed by atoms with Crippen LogP contribution in [0.3, 0.4) is 0 Å². The number of rotatable bonds is 8. The van der Waals surface area contributed by atoms with Crippen LogP contribution >= 0.6 is 11.8 Å². The molecule has 0 heterocycles. The first-order valence-electron chi connectivity index (χ1n) is 8.10. The topological polar surface area (TPSA) is 96.3 Å². The number of amides is 1. The van der Waals surface area contributed by atoms with Gasteiger partial charge in [-0.05, 0) is 24.3 Å². The number of hydrogen-bond donors (Lipinski definition) is 1. The Morgan fingerprint density at radius 1 is 1.19 bits per heavy atom. The van der Waals surface area contributed by atoms with E-state index in [1.807, 2.05) is 6.07 Å². The van der Waals surface area contributed by atoms with Crippen LogP contribution in [0.25, 0.3) is 0 Å². The smallest absolute Gasteiger partial charge is 0.339 e. The molecular weight excluding hydrogens is 384 g/mol. The van der Waals surface area contributed by atoms with Gasteiger partial charge in [0.25, 0.3) is 5.91 Å². The monoisotopic (exact) mass is 402 g/mol. The van der Waals surface area contributed by atoms with E-state index in [1.165, 1.54) is 17.8 Å². The lowest BCUT2D eigenvalue weighted by Gasteiger charge is -2.11. The predicted molar refractivity (Wildman–Crippen MR) is 105 cm³/mol. The number of carbonyl (C=O) groups is 2. The van der Waals surface area contributed by atoms with Crippen LogP contribution in [0.5, 0.6) is 0 Å².